The zero-order chi connectivity index (χ0) is 15.5. The first-order valence-corrected chi connectivity index (χ1v) is 7.32. The summed E-state index contributed by atoms with van der Waals surface area (Å²) < 4.78 is 11.3. The van der Waals surface area contributed by atoms with E-state index in [4.69, 9.17) is 9.47 Å². The number of amides is 1. The number of benzene rings is 2. The molecule has 0 fully saturated rings. The molecule has 0 radical (unpaired) electrons. The van der Waals surface area contributed by atoms with Gasteiger partial charge in [-0.25, -0.2) is 0 Å². The first-order valence-electron chi connectivity index (χ1n) is 7.32. The van der Waals surface area contributed by atoms with Crippen molar-refractivity contribution in [1.29, 1.82) is 0 Å². The molecular weight excluding hydrogens is 278 g/mol. The summed E-state index contributed by atoms with van der Waals surface area (Å²) in [5.41, 5.74) is 2.80. The molecule has 0 spiro atoms. The van der Waals surface area contributed by atoms with Gasteiger partial charge < -0.3 is 14.4 Å². The van der Waals surface area contributed by atoms with E-state index in [0.29, 0.717) is 23.7 Å². The lowest BCUT2D eigenvalue weighted by atomic mass is 9.98. The number of hydrogen-bond acceptors (Lipinski definition) is 3. The van der Waals surface area contributed by atoms with Gasteiger partial charge in [0.25, 0.3) is 5.91 Å². The lowest BCUT2D eigenvalue weighted by Gasteiger charge is -2.26. The molecule has 0 saturated carbocycles. The zero-order valence-electron chi connectivity index (χ0n) is 12.8. The topological polar surface area (TPSA) is 38.8 Å². The Kier molecular flexibility index (Phi) is 4.00. The highest BCUT2D eigenvalue weighted by atomic mass is 16.5. The number of rotatable bonds is 4. The molecular formula is C18H19NO3. The van der Waals surface area contributed by atoms with Crippen LogP contribution in [0.25, 0.3) is 0 Å². The van der Waals surface area contributed by atoms with Gasteiger partial charge in [0.15, 0.2) is 11.5 Å². The Morgan fingerprint density at radius 3 is 2.64 bits per heavy atom. The maximum absolute atomic E-state index is 12.3. The summed E-state index contributed by atoms with van der Waals surface area (Å²) in [5.74, 6) is 1.31. The van der Waals surface area contributed by atoms with Crippen molar-refractivity contribution in [3.8, 4) is 11.5 Å². The molecule has 1 aliphatic heterocycles. The van der Waals surface area contributed by atoms with E-state index in [0.717, 1.165) is 24.1 Å². The van der Waals surface area contributed by atoms with Crippen LogP contribution < -0.4 is 9.47 Å². The van der Waals surface area contributed by atoms with Gasteiger partial charge >= 0.3 is 0 Å². The number of hydrogen-bond donors (Lipinski definition) is 0. The van der Waals surface area contributed by atoms with Crippen molar-refractivity contribution in [3.05, 3.63) is 59.2 Å². The molecule has 1 amide bonds. The van der Waals surface area contributed by atoms with Gasteiger partial charge in [0.1, 0.15) is 6.61 Å². The van der Waals surface area contributed by atoms with Gasteiger partial charge in [0, 0.05) is 19.2 Å². The van der Waals surface area contributed by atoms with Gasteiger partial charge in [-0.2, -0.15) is 0 Å². The highest BCUT2D eigenvalue weighted by Crippen LogP contribution is 2.33. The fourth-order valence-electron chi connectivity index (χ4n) is 2.61. The molecule has 0 bridgehead atoms. The van der Waals surface area contributed by atoms with Crippen LogP contribution in [0.5, 0.6) is 11.5 Å². The Bertz CT molecular complexity index is 682. The molecule has 2 aromatic carbocycles. The lowest BCUT2D eigenvalue weighted by Crippen LogP contribution is -2.34. The molecule has 0 N–H and O–H groups in total. The summed E-state index contributed by atoms with van der Waals surface area (Å²) in [7, 11) is 3.44. The van der Waals surface area contributed by atoms with Crippen molar-refractivity contribution in [2.45, 2.75) is 13.0 Å². The number of likely N-dealkylation sites (N-methyl/N-ethyl adjacent to an activating group) is 1. The van der Waals surface area contributed by atoms with Crippen LogP contribution in [0.15, 0.2) is 42.5 Å². The van der Waals surface area contributed by atoms with Gasteiger partial charge in [-0.15, -0.1) is 0 Å². The average Bonchev–Trinajstić information content (AvgIpc) is 2.57. The molecule has 2 aromatic rings. The Balaban J connectivity index is 1.88. The smallest absolute Gasteiger partial charge is 0.254 e. The number of methoxy groups -OCH3 is 1. The van der Waals surface area contributed by atoms with Gasteiger partial charge in [-0.3, -0.25) is 4.79 Å². The first-order chi connectivity index (χ1) is 10.7. The second kappa shape index (κ2) is 6.10. The van der Waals surface area contributed by atoms with Crippen LogP contribution in [-0.4, -0.2) is 31.5 Å². The van der Waals surface area contributed by atoms with Crippen molar-refractivity contribution in [2.24, 2.45) is 0 Å². The van der Waals surface area contributed by atoms with E-state index in [9.17, 15) is 4.79 Å². The molecule has 4 heteroatoms. The summed E-state index contributed by atoms with van der Waals surface area (Å²) >= 11 is 0. The van der Waals surface area contributed by atoms with Crippen LogP contribution in [0.2, 0.25) is 0 Å². The summed E-state index contributed by atoms with van der Waals surface area (Å²) in [6, 6.07) is 13.6. The largest absolute Gasteiger partial charge is 0.493 e. The summed E-state index contributed by atoms with van der Waals surface area (Å²) in [5, 5.41) is 0. The molecule has 0 aliphatic carbocycles. The van der Waals surface area contributed by atoms with Crippen molar-refractivity contribution in [3.63, 3.8) is 0 Å². The summed E-state index contributed by atoms with van der Waals surface area (Å²) in [6.07, 6.45) is 0.840. The molecule has 3 rings (SSSR count). The Labute approximate surface area is 130 Å². The molecule has 114 valence electrons. The van der Waals surface area contributed by atoms with Crippen LogP contribution in [0.4, 0.5) is 0 Å². The second-order valence-corrected chi connectivity index (χ2v) is 5.41. The van der Waals surface area contributed by atoms with Crippen molar-refractivity contribution >= 4 is 5.91 Å². The van der Waals surface area contributed by atoms with Crippen LogP contribution >= 0.6 is 0 Å². The van der Waals surface area contributed by atoms with E-state index >= 15 is 0 Å². The molecule has 0 aromatic heterocycles. The minimum Gasteiger partial charge on any atom is -0.493 e. The highest BCUT2D eigenvalue weighted by Gasteiger charge is 2.24. The van der Waals surface area contributed by atoms with E-state index in [1.807, 2.05) is 43.4 Å². The van der Waals surface area contributed by atoms with Gasteiger partial charge in [-0.05, 0) is 29.7 Å². The van der Waals surface area contributed by atoms with Crippen LogP contribution in [0.3, 0.4) is 0 Å². The molecule has 22 heavy (non-hydrogen) atoms. The second-order valence-electron chi connectivity index (χ2n) is 5.41. The van der Waals surface area contributed by atoms with Crippen LogP contribution in [0, 0.1) is 0 Å². The van der Waals surface area contributed by atoms with Crippen molar-refractivity contribution < 1.29 is 14.3 Å². The van der Waals surface area contributed by atoms with E-state index in [1.54, 1.807) is 18.1 Å². The van der Waals surface area contributed by atoms with E-state index in [-0.39, 0.29) is 5.91 Å². The fourth-order valence-corrected chi connectivity index (χ4v) is 2.61. The number of ether oxygens (including phenoxy) is 2. The monoisotopic (exact) mass is 297 g/mol. The Morgan fingerprint density at radius 1 is 1.14 bits per heavy atom. The normalized spacial score (nSPS) is 13.7. The van der Waals surface area contributed by atoms with E-state index < -0.39 is 0 Å². The van der Waals surface area contributed by atoms with Crippen molar-refractivity contribution in [2.75, 3.05) is 20.7 Å². The number of carbonyl (C=O) groups excluding carboxylic acids is 1. The third kappa shape index (κ3) is 2.77. The molecule has 1 aliphatic rings. The molecule has 1 heterocycles. The Hall–Kier alpha value is -2.49. The van der Waals surface area contributed by atoms with Crippen molar-refractivity contribution in [1.82, 2.24) is 4.90 Å². The maximum atomic E-state index is 12.3. The standard InChI is InChI=1S/C18H19NO3/c1-19-9-8-14-10-16(21-2)17(11-15(14)18(19)20)22-12-13-6-4-3-5-7-13/h3-7,10-11H,8-9,12H2,1-2H3. The third-order valence-electron chi connectivity index (χ3n) is 3.92. The van der Waals surface area contributed by atoms with Gasteiger partial charge in [-0.1, -0.05) is 30.3 Å². The number of carbonyl (C=O) groups is 1. The fraction of sp³-hybridized carbons (Fsp3) is 0.278. The molecule has 0 unspecified atom stereocenters. The van der Waals surface area contributed by atoms with Gasteiger partial charge in [0.2, 0.25) is 0 Å². The molecule has 0 atom stereocenters. The predicted octanol–water partition coefficient (Wildman–Crippen LogP) is 2.90. The van der Waals surface area contributed by atoms with E-state index in [2.05, 4.69) is 0 Å². The number of fused-ring (bicyclic) bond motifs is 1. The lowest BCUT2D eigenvalue weighted by molar-refractivity contribution is 0.0780. The van der Waals surface area contributed by atoms with Crippen LogP contribution in [-0.2, 0) is 13.0 Å². The summed E-state index contributed by atoms with van der Waals surface area (Å²) in [6.45, 7) is 1.18. The molecule has 4 nitrogen and oxygen atoms in total. The first kappa shape index (κ1) is 14.4. The maximum Gasteiger partial charge on any atom is 0.254 e. The highest BCUT2D eigenvalue weighted by molar-refractivity contribution is 5.97. The zero-order valence-corrected chi connectivity index (χ0v) is 12.8. The third-order valence-corrected chi connectivity index (χ3v) is 3.92. The summed E-state index contributed by atoms with van der Waals surface area (Å²) in [4.78, 5) is 14.0. The number of nitrogens with zero attached hydrogens (tertiary/aromatic N) is 1. The predicted molar refractivity (Wildman–Crippen MR) is 84.4 cm³/mol. The van der Waals surface area contributed by atoms with Crippen LogP contribution in [0.1, 0.15) is 21.5 Å². The minimum absolute atomic E-state index is 0.0356. The average molecular weight is 297 g/mol. The molecule has 0 saturated heterocycles. The van der Waals surface area contributed by atoms with E-state index in [1.165, 1.54) is 0 Å². The quantitative estimate of drug-likeness (QED) is 0.871. The Morgan fingerprint density at radius 2 is 1.91 bits per heavy atom. The SMILES string of the molecule is COc1cc2c(cc1OCc1ccccc1)C(=O)N(C)CC2. The van der Waals surface area contributed by atoms with Gasteiger partial charge in [0.05, 0.1) is 7.11 Å². The minimum atomic E-state index is 0.0356.